The van der Waals surface area contributed by atoms with Crippen molar-refractivity contribution in [2.24, 2.45) is 0 Å². The molecule has 0 saturated carbocycles. The fourth-order valence-corrected chi connectivity index (χ4v) is 2.20. The molecule has 0 radical (unpaired) electrons. The number of H-pyrrole nitrogens is 1. The van der Waals surface area contributed by atoms with Gasteiger partial charge in [-0.05, 0) is 13.0 Å². The van der Waals surface area contributed by atoms with Crippen LogP contribution in [0.25, 0.3) is 11.1 Å². The van der Waals surface area contributed by atoms with Gasteiger partial charge in [0.05, 0.1) is 7.11 Å². The van der Waals surface area contributed by atoms with Crippen molar-refractivity contribution in [2.75, 3.05) is 12.8 Å². The summed E-state index contributed by atoms with van der Waals surface area (Å²) in [4.78, 5) is 14.0. The summed E-state index contributed by atoms with van der Waals surface area (Å²) in [6.07, 6.45) is 0. The van der Waals surface area contributed by atoms with Gasteiger partial charge in [0.15, 0.2) is 11.6 Å². The second kappa shape index (κ2) is 5.78. The molecule has 0 atom stereocenters. The third-order valence-corrected chi connectivity index (χ3v) is 3.36. The average molecular weight is 316 g/mol. The highest BCUT2D eigenvalue weighted by molar-refractivity contribution is 5.81. The Bertz CT molecular complexity index is 952. The number of rotatable bonds is 2. The van der Waals surface area contributed by atoms with E-state index in [0.29, 0.717) is 0 Å². The van der Waals surface area contributed by atoms with Crippen LogP contribution in [0.1, 0.15) is 16.7 Å². The van der Waals surface area contributed by atoms with Crippen molar-refractivity contribution in [3.8, 4) is 29.0 Å². The van der Waals surface area contributed by atoms with Crippen LogP contribution in [0.3, 0.4) is 0 Å². The smallest absolute Gasteiger partial charge is 0.268 e. The number of pyridine rings is 1. The van der Waals surface area contributed by atoms with E-state index in [-0.39, 0.29) is 28.3 Å². The van der Waals surface area contributed by atoms with Crippen molar-refractivity contribution in [1.29, 1.82) is 10.5 Å². The first-order chi connectivity index (χ1) is 10.9. The summed E-state index contributed by atoms with van der Waals surface area (Å²) in [7, 11) is 1.26. The normalized spacial score (nSPS) is 10.0. The molecular weight excluding hydrogens is 306 g/mol. The predicted molar refractivity (Wildman–Crippen MR) is 77.5 cm³/mol. The zero-order valence-corrected chi connectivity index (χ0v) is 12.1. The SMILES string of the molecule is COc1cc(-c2c(C#N)c(N)[nH]c(=O)c2C#N)c(F)c(F)c1C. The summed E-state index contributed by atoms with van der Waals surface area (Å²) >= 11 is 0. The fraction of sp³-hybridized carbons (Fsp3) is 0.133. The zero-order chi connectivity index (χ0) is 17.3. The molecule has 0 aliphatic heterocycles. The third-order valence-electron chi connectivity index (χ3n) is 3.36. The summed E-state index contributed by atoms with van der Waals surface area (Å²) in [5.41, 5.74) is 2.88. The summed E-state index contributed by atoms with van der Waals surface area (Å²) in [5.74, 6) is -2.84. The molecule has 0 unspecified atom stereocenters. The molecule has 0 bridgehead atoms. The third kappa shape index (κ3) is 2.36. The molecule has 23 heavy (non-hydrogen) atoms. The molecule has 6 nitrogen and oxygen atoms in total. The lowest BCUT2D eigenvalue weighted by atomic mass is 9.94. The highest BCUT2D eigenvalue weighted by atomic mass is 19.2. The van der Waals surface area contributed by atoms with Crippen LogP contribution in [-0.2, 0) is 0 Å². The number of hydrogen-bond acceptors (Lipinski definition) is 5. The van der Waals surface area contributed by atoms with Gasteiger partial charge in [-0.1, -0.05) is 0 Å². The summed E-state index contributed by atoms with van der Waals surface area (Å²) < 4.78 is 33.4. The van der Waals surface area contributed by atoms with Gasteiger partial charge in [-0.3, -0.25) is 4.79 Å². The van der Waals surface area contributed by atoms with Crippen LogP contribution in [0.15, 0.2) is 10.9 Å². The van der Waals surface area contributed by atoms with Crippen LogP contribution >= 0.6 is 0 Å². The number of nitrogens with one attached hydrogen (secondary N) is 1. The Morgan fingerprint density at radius 2 is 1.83 bits per heavy atom. The van der Waals surface area contributed by atoms with Crippen LogP contribution in [0, 0.1) is 41.2 Å². The molecule has 0 aliphatic carbocycles. The molecule has 0 aliphatic rings. The molecule has 0 amide bonds. The van der Waals surface area contributed by atoms with E-state index in [4.69, 9.17) is 15.7 Å². The molecular formula is C15H10F2N4O2. The van der Waals surface area contributed by atoms with Crippen molar-refractivity contribution >= 4 is 5.82 Å². The first-order valence-corrected chi connectivity index (χ1v) is 6.26. The number of nitriles is 2. The summed E-state index contributed by atoms with van der Waals surface area (Å²) in [6, 6.07) is 4.38. The first kappa shape index (κ1) is 16.0. The molecule has 2 aromatic rings. The van der Waals surface area contributed by atoms with Gasteiger partial charge in [0.2, 0.25) is 0 Å². The van der Waals surface area contributed by atoms with E-state index in [9.17, 15) is 18.8 Å². The van der Waals surface area contributed by atoms with Crippen LogP contribution in [0.2, 0.25) is 0 Å². The molecule has 116 valence electrons. The highest BCUT2D eigenvalue weighted by Gasteiger charge is 2.25. The monoisotopic (exact) mass is 316 g/mol. The number of aromatic amines is 1. The quantitative estimate of drug-likeness (QED) is 0.878. The van der Waals surface area contributed by atoms with E-state index in [1.54, 1.807) is 12.1 Å². The standard InChI is InChI=1S/C15H10F2N4O2/c1-6-10(23-2)3-7(13(17)12(6)16)11-8(4-18)14(20)21-15(22)9(11)5-19/h3H,1-2H3,(H3,20,21,22). The van der Waals surface area contributed by atoms with Crippen molar-refractivity contribution in [1.82, 2.24) is 4.98 Å². The van der Waals surface area contributed by atoms with Gasteiger partial charge in [-0.25, -0.2) is 8.78 Å². The molecule has 1 aromatic heterocycles. The predicted octanol–water partition coefficient (Wildman–Crippen LogP) is 1.96. The van der Waals surface area contributed by atoms with Crippen LogP contribution in [-0.4, -0.2) is 12.1 Å². The molecule has 1 aromatic carbocycles. The minimum atomic E-state index is -1.30. The number of methoxy groups -OCH3 is 1. The molecule has 0 saturated heterocycles. The number of anilines is 1. The fourth-order valence-electron chi connectivity index (χ4n) is 2.20. The topological polar surface area (TPSA) is 116 Å². The number of aromatic nitrogens is 1. The Labute approximate surface area is 129 Å². The van der Waals surface area contributed by atoms with E-state index in [2.05, 4.69) is 4.98 Å². The van der Waals surface area contributed by atoms with E-state index in [0.717, 1.165) is 6.07 Å². The minimum absolute atomic E-state index is 0.00512. The number of nitrogen functional groups attached to an aromatic ring is 1. The lowest BCUT2D eigenvalue weighted by Crippen LogP contribution is -2.17. The maximum atomic E-state index is 14.4. The lowest BCUT2D eigenvalue weighted by molar-refractivity contribution is 0.402. The maximum Gasteiger partial charge on any atom is 0.268 e. The number of ether oxygens (including phenoxy) is 1. The number of benzene rings is 1. The van der Waals surface area contributed by atoms with Crippen LogP contribution < -0.4 is 16.0 Å². The van der Waals surface area contributed by atoms with Crippen molar-refractivity contribution in [3.05, 3.63) is 44.7 Å². The maximum absolute atomic E-state index is 14.4. The second-order valence-corrected chi connectivity index (χ2v) is 4.60. The first-order valence-electron chi connectivity index (χ1n) is 6.26. The van der Waals surface area contributed by atoms with Gasteiger partial charge in [0, 0.05) is 16.7 Å². The van der Waals surface area contributed by atoms with E-state index < -0.39 is 28.3 Å². The van der Waals surface area contributed by atoms with Crippen molar-refractivity contribution < 1.29 is 13.5 Å². The largest absolute Gasteiger partial charge is 0.496 e. The number of nitrogens with two attached hydrogens (primary N) is 1. The van der Waals surface area contributed by atoms with Crippen molar-refractivity contribution in [3.63, 3.8) is 0 Å². The Morgan fingerprint density at radius 1 is 1.22 bits per heavy atom. The summed E-state index contributed by atoms with van der Waals surface area (Å²) in [6.45, 7) is 1.31. The van der Waals surface area contributed by atoms with Gasteiger partial charge in [-0.15, -0.1) is 0 Å². The Hall–Kier alpha value is -3.39. The Morgan fingerprint density at radius 3 is 2.35 bits per heavy atom. The van der Waals surface area contributed by atoms with E-state index in [1.165, 1.54) is 14.0 Å². The second-order valence-electron chi connectivity index (χ2n) is 4.60. The molecule has 8 heteroatoms. The van der Waals surface area contributed by atoms with Gasteiger partial charge in [-0.2, -0.15) is 10.5 Å². The number of halogens is 2. The van der Waals surface area contributed by atoms with E-state index in [1.807, 2.05) is 0 Å². The molecule has 0 spiro atoms. The summed E-state index contributed by atoms with van der Waals surface area (Å²) in [5, 5.41) is 18.3. The molecule has 0 fully saturated rings. The van der Waals surface area contributed by atoms with Crippen LogP contribution in [0.4, 0.5) is 14.6 Å². The molecule has 2 rings (SSSR count). The Kier molecular flexibility index (Phi) is 4.02. The van der Waals surface area contributed by atoms with Gasteiger partial charge in [0.1, 0.15) is 34.8 Å². The Balaban J connectivity index is 3.05. The number of nitrogens with zero attached hydrogens (tertiary/aromatic N) is 2. The van der Waals surface area contributed by atoms with Gasteiger partial charge >= 0.3 is 0 Å². The van der Waals surface area contributed by atoms with E-state index >= 15 is 0 Å². The zero-order valence-electron chi connectivity index (χ0n) is 12.1. The average Bonchev–Trinajstić information content (AvgIpc) is 2.52. The van der Waals surface area contributed by atoms with Gasteiger partial charge in [0.25, 0.3) is 5.56 Å². The van der Waals surface area contributed by atoms with Crippen LogP contribution in [0.5, 0.6) is 5.75 Å². The minimum Gasteiger partial charge on any atom is -0.496 e. The highest BCUT2D eigenvalue weighted by Crippen LogP contribution is 2.36. The van der Waals surface area contributed by atoms with Gasteiger partial charge < -0.3 is 15.5 Å². The lowest BCUT2D eigenvalue weighted by Gasteiger charge is -2.13. The number of hydrogen-bond donors (Lipinski definition) is 2. The van der Waals surface area contributed by atoms with Crippen molar-refractivity contribution in [2.45, 2.75) is 6.92 Å². The molecule has 1 heterocycles. The molecule has 3 N–H and O–H groups in total.